The first-order valence-electron chi connectivity index (χ1n) is 12.4. The van der Waals surface area contributed by atoms with Crippen LogP contribution >= 0.6 is 0 Å². The van der Waals surface area contributed by atoms with Crippen LogP contribution in [0, 0.1) is 26.2 Å². The molecule has 0 aliphatic carbocycles. The molecule has 0 radical (unpaired) electrons. The van der Waals surface area contributed by atoms with Crippen molar-refractivity contribution in [2.24, 2.45) is 5.41 Å². The van der Waals surface area contributed by atoms with Gasteiger partial charge in [0.2, 0.25) is 5.91 Å². The lowest BCUT2D eigenvalue weighted by molar-refractivity contribution is -0.133. The molecule has 3 aromatic heterocycles. The average molecular weight is 472 g/mol. The molecule has 0 atom stereocenters. The van der Waals surface area contributed by atoms with Gasteiger partial charge in [0.1, 0.15) is 0 Å². The topological polar surface area (TPSA) is 81.2 Å². The number of nitrogens with zero attached hydrogens (tertiary/aromatic N) is 7. The number of carbonyl (C=O) groups is 1. The number of likely N-dealkylation sites (tertiary alicyclic amines) is 1. The van der Waals surface area contributed by atoms with Crippen molar-refractivity contribution in [1.82, 2.24) is 34.5 Å². The lowest BCUT2D eigenvalue weighted by Crippen LogP contribution is -2.43. The third-order valence-electron chi connectivity index (χ3n) is 7.45. The molecule has 0 N–H and O–H groups in total. The average Bonchev–Trinajstić information content (AvgIpc) is 3.36. The van der Waals surface area contributed by atoms with E-state index in [-0.39, 0.29) is 11.3 Å². The van der Waals surface area contributed by atoms with Crippen molar-refractivity contribution in [3.63, 3.8) is 0 Å². The Kier molecular flexibility index (Phi) is 6.13. The molecule has 1 aliphatic heterocycles. The summed E-state index contributed by atoms with van der Waals surface area (Å²) in [6, 6.07) is 14.5. The molecule has 8 nitrogen and oxygen atoms in total. The minimum atomic E-state index is 0.234. The quantitative estimate of drug-likeness (QED) is 0.424. The predicted octanol–water partition coefficient (Wildman–Crippen LogP) is 4.04. The molecule has 4 aromatic rings. The lowest BCUT2D eigenvalue weighted by Gasteiger charge is -2.39. The minimum Gasteiger partial charge on any atom is -0.343 e. The van der Waals surface area contributed by atoms with E-state index in [2.05, 4.69) is 52.6 Å². The molecule has 0 saturated carbocycles. The molecular formula is C27H33N7O. The SMILES string of the molecule is Cc1nn(-c2ccc3nnc(C)n3n2)c(C)c1CCC(=O)N1CCC(C)(Cc2ccccc2)CC1. The Hall–Kier alpha value is -3.55. The van der Waals surface area contributed by atoms with Crippen LogP contribution in [0.4, 0.5) is 0 Å². The smallest absolute Gasteiger partial charge is 0.222 e. The number of aromatic nitrogens is 6. The van der Waals surface area contributed by atoms with Gasteiger partial charge in [-0.05, 0) is 75.1 Å². The van der Waals surface area contributed by atoms with Crippen LogP contribution in [0.25, 0.3) is 11.5 Å². The van der Waals surface area contributed by atoms with E-state index in [0.717, 1.165) is 55.1 Å². The number of hydrogen-bond donors (Lipinski definition) is 0. The summed E-state index contributed by atoms with van der Waals surface area (Å²) in [6.07, 6.45) is 4.34. The van der Waals surface area contributed by atoms with Crippen LogP contribution in [0.5, 0.6) is 0 Å². The van der Waals surface area contributed by atoms with Gasteiger partial charge in [-0.3, -0.25) is 4.79 Å². The molecule has 1 saturated heterocycles. The highest BCUT2D eigenvalue weighted by atomic mass is 16.2. The molecule has 1 aromatic carbocycles. The maximum absolute atomic E-state index is 13.1. The van der Waals surface area contributed by atoms with Crippen molar-refractivity contribution in [3.05, 3.63) is 70.8 Å². The van der Waals surface area contributed by atoms with Crippen LogP contribution in [0.3, 0.4) is 0 Å². The van der Waals surface area contributed by atoms with Gasteiger partial charge in [0.15, 0.2) is 17.3 Å². The van der Waals surface area contributed by atoms with Crippen LogP contribution in [-0.2, 0) is 17.6 Å². The number of amides is 1. The molecule has 0 spiro atoms. The molecule has 1 amide bonds. The van der Waals surface area contributed by atoms with Gasteiger partial charge >= 0.3 is 0 Å². The molecule has 1 fully saturated rings. The molecular weight excluding hydrogens is 438 g/mol. The highest BCUT2D eigenvalue weighted by Gasteiger charge is 2.32. The Bertz CT molecular complexity index is 1350. The number of rotatable bonds is 6. The Labute approximate surface area is 206 Å². The molecule has 1 aliphatic rings. The monoisotopic (exact) mass is 471 g/mol. The predicted molar refractivity (Wildman–Crippen MR) is 135 cm³/mol. The third-order valence-corrected chi connectivity index (χ3v) is 7.45. The van der Waals surface area contributed by atoms with E-state index >= 15 is 0 Å². The van der Waals surface area contributed by atoms with E-state index in [0.29, 0.717) is 24.3 Å². The fourth-order valence-corrected chi connectivity index (χ4v) is 5.21. The summed E-state index contributed by atoms with van der Waals surface area (Å²) in [5.74, 6) is 1.68. The summed E-state index contributed by atoms with van der Waals surface area (Å²) in [5.41, 5.74) is 5.41. The van der Waals surface area contributed by atoms with Crippen LogP contribution < -0.4 is 0 Å². The first-order valence-corrected chi connectivity index (χ1v) is 12.4. The third kappa shape index (κ3) is 4.70. The molecule has 182 valence electrons. The molecule has 5 rings (SSSR count). The normalized spacial score (nSPS) is 15.6. The van der Waals surface area contributed by atoms with Gasteiger partial charge < -0.3 is 4.90 Å². The second kappa shape index (κ2) is 9.24. The molecule has 0 bridgehead atoms. The zero-order valence-corrected chi connectivity index (χ0v) is 21.0. The van der Waals surface area contributed by atoms with Gasteiger partial charge in [-0.15, -0.1) is 15.3 Å². The second-order valence-electron chi connectivity index (χ2n) is 10.1. The fourth-order valence-electron chi connectivity index (χ4n) is 5.21. The van der Waals surface area contributed by atoms with Gasteiger partial charge in [-0.25, -0.2) is 4.68 Å². The van der Waals surface area contributed by atoms with E-state index in [9.17, 15) is 4.79 Å². The maximum Gasteiger partial charge on any atom is 0.222 e. The maximum atomic E-state index is 13.1. The summed E-state index contributed by atoms with van der Waals surface area (Å²) >= 11 is 0. The van der Waals surface area contributed by atoms with Crippen LogP contribution in [0.15, 0.2) is 42.5 Å². The second-order valence-corrected chi connectivity index (χ2v) is 10.1. The Morgan fingerprint density at radius 2 is 1.71 bits per heavy atom. The van der Waals surface area contributed by atoms with E-state index in [4.69, 9.17) is 5.10 Å². The summed E-state index contributed by atoms with van der Waals surface area (Å²) in [5, 5.41) is 17.6. The van der Waals surface area contributed by atoms with Crippen LogP contribution in [0.2, 0.25) is 0 Å². The Morgan fingerprint density at radius 3 is 2.46 bits per heavy atom. The first-order chi connectivity index (χ1) is 16.8. The number of aryl methyl sites for hydroxylation is 2. The number of fused-ring (bicyclic) bond motifs is 1. The van der Waals surface area contributed by atoms with Gasteiger partial charge in [-0.2, -0.15) is 9.61 Å². The number of piperidine rings is 1. The van der Waals surface area contributed by atoms with Crippen molar-refractivity contribution >= 4 is 11.6 Å². The molecule has 0 unspecified atom stereocenters. The van der Waals surface area contributed by atoms with Crippen LogP contribution in [0.1, 0.15) is 54.5 Å². The van der Waals surface area contributed by atoms with Gasteiger partial charge in [-0.1, -0.05) is 37.3 Å². The van der Waals surface area contributed by atoms with Crippen LogP contribution in [-0.4, -0.2) is 53.5 Å². The number of hydrogen-bond acceptors (Lipinski definition) is 5. The van der Waals surface area contributed by atoms with Gasteiger partial charge in [0.05, 0.1) is 5.69 Å². The van der Waals surface area contributed by atoms with E-state index in [1.165, 1.54) is 5.56 Å². The van der Waals surface area contributed by atoms with Crippen molar-refractivity contribution in [1.29, 1.82) is 0 Å². The molecule has 4 heterocycles. The van der Waals surface area contributed by atoms with E-state index in [1.807, 2.05) is 42.5 Å². The van der Waals surface area contributed by atoms with Gasteiger partial charge in [0.25, 0.3) is 0 Å². The largest absolute Gasteiger partial charge is 0.343 e. The summed E-state index contributed by atoms with van der Waals surface area (Å²) in [6.45, 7) is 9.95. The number of benzene rings is 1. The fraction of sp³-hybridized carbons (Fsp3) is 0.444. The summed E-state index contributed by atoms with van der Waals surface area (Å²) in [4.78, 5) is 15.1. The Balaban J connectivity index is 1.22. The van der Waals surface area contributed by atoms with Gasteiger partial charge in [0, 0.05) is 25.2 Å². The molecule has 8 heteroatoms. The van der Waals surface area contributed by atoms with E-state index < -0.39 is 0 Å². The lowest BCUT2D eigenvalue weighted by atomic mass is 9.75. The Morgan fingerprint density at radius 1 is 0.971 bits per heavy atom. The van der Waals surface area contributed by atoms with Crippen molar-refractivity contribution < 1.29 is 4.79 Å². The number of carbonyl (C=O) groups excluding carboxylic acids is 1. The van der Waals surface area contributed by atoms with Crippen molar-refractivity contribution in [2.75, 3.05) is 13.1 Å². The zero-order chi connectivity index (χ0) is 24.6. The van der Waals surface area contributed by atoms with Crippen molar-refractivity contribution in [2.45, 2.75) is 59.8 Å². The summed E-state index contributed by atoms with van der Waals surface area (Å²) in [7, 11) is 0. The standard InChI is InChI=1S/C27H33N7O/c1-19-23(20(2)33(30-19)25-12-11-24-29-28-21(3)34(24)31-25)10-13-26(35)32-16-14-27(4,15-17-32)18-22-8-6-5-7-9-22/h5-9,11-12H,10,13-18H2,1-4H3. The minimum absolute atomic E-state index is 0.234. The zero-order valence-electron chi connectivity index (χ0n) is 21.0. The summed E-state index contributed by atoms with van der Waals surface area (Å²) < 4.78 is 3.57. The van der Waals surface area contributed by atoms with Crippen molar-refractivity contribution in [3.8, 4) is 5.82 Å². The van der Waals surface area contributed by atoms with E-state index in [1.54, 1.807) is 4.52 Å². The first kappa shape index (κ1) is 23.2. The molecule has 35 heavy (non-hydrogen) atoms. The highest BCUT2D eigenvalue weighted by molar-refractivity contribution is 5.76. The highest BCUT2D eigenvalue weighted by Crippen LogP contribution is 2.34.